The van der Waals surface area contributed by atoms with Crippen molar-refractivity contribution < 1.29 is 13.9 Å². The second-order valence-corrected chi connectivity index (χ2v) is 4.78. The molecule has 0 bridgehead atoms. The molecule has 0 saturated carbocycles. The van der Waals surface area contributed by atoms with Gasteiger partial charge in [-0.15, -0.1) is 0 Å². The molecule has 110 valence electrons. The quantitative estimate of drug-likeness (QED) is 0.455. The van der Waals surface area contributed by atoms with Gasteiger partial charge >= 0.3 is 0 Å². The molecule has 1 atom stereocenters. The van der Waals surface area contributed by atoms with E-state index in [4.69, 9.17) is 21.1 Å². The summed E-state index contributed by atoms with van der Waals surface area (Å²) in [6.45, 7) is 1.03. The lowest BCUT2D eigenvalue weighted by atomic mass is 9.97. The lowest BCUT2D eigenvalue weighted by molar-refractivity contribution is 0.171. The summed E-state index contributed by atoms with van der Waals surface area (Å²) in [5, 5.41) is 0. The molecule has 0 amide bonds. The molecule has 0 fully saturated rings. The van der Waals surface area contributed by atoms with E-state index in [2.05, 4.69) is 5.43 Å². The van der Waals surface area contributed by atoms with E-state index in [0.29, 0.717) is 36.0 Å². The number of rotatable bonds is 3. The number of hydrogen-bond donors (Lipinski definition) is 3. The van der Waals surface area contributed by atoms with E-state index in [1.54, 1.807) is 0 Å². The lowest BCUT2D eigenvalue weighted by Gasteiger charge is -2.23. The molecule has 2 aromatic rings. The molecule has 1 aliphatic rings. The summed E-state index contributed by atoms with van der Waals surface area (Å²) in [6, 6.07) is 9.26. The van der Waals surface area contributed by atoms with Crippen LogP contribution in [0.2, 0.25) is 0 Å². The summed E-state index contributed by atoms with van der Waals surface area (Å²) >= 11 is 0. The summed E-state index contributed by atoms with van der Waals surface area (Å²) in [7, 11) is 0. The summed E-state index contributed by atoms with van der Waals surface area (Å²) in [4.78, 5) is 0. The van der Waals surface area contributed by atoms with Gasteiger partial charge in [0.15, 0.2) is 11.5 Å². The maximum absolute atomic E-state index is 13.5. The Morgan fingerprint density at radius 2 is 1.81 bits per heavy atom. The molecule has 0 aliphatic carbocycles. The van der Waals surface area contributed by atoms with Gasteiger partial charge in [-0.25, -0.2) is 9.82 Å². The van der Waals surface area contributed by atoms with Gasteiger partial charge < -0.3 is 15.2 Å². The first-order valence-electron chi connectivity index (χ1n) is 6.59. The third kappa shape index (κ3) is 2.63. The van der Waals surface area contributed by atoms with Crippen molar-refractivity contribution >= 4 is 5.69 Å². The molecule has 0 radical (unpaired) electrons. The van der Waals surface area contributed by atoms with Crippen LogP contribution in [0.1, 0.15) is 17.2 Å². The van der Waals surface area contributed by atoms with Crippen molar-refractivity contribution in [3.63, 3.8) is 0 Å². The van der Waals surface area contributed by atoms with Gasteiger partial charge in [0.25, 0.3) is 0 Å². The molecular formula is C15H16FN3O2. The Kier molecular flexibility index (Phi) is 3.64. The van der Waals surface area contributed by atoms with Gasteiger partial charge in [-0.2, -0.15) is 0 Å². The van der Waals surface area contributed by atoms with E-state index in [1.165, 1.54) is 18.2 Å². The van der Waals surface area contributed by atoms with E-state index in [1.807, 2.05) is 18.2 Å². The molecule has 21 heavy (non-hydrogen) atoms. The fourth-order valence-electron chi connectivity index (χ4n) is 2.40. The summed E-state index contributed by atoms with van der Waals surface area (Å²) in [5.74, 6) is 6.60. The van der Waals surface area contributed by atoms with Crippen molar-refractivity contribution in [2.75, 3.05) is 18.9 Å². The Bertz CT molecular complexity index is 663. The highest BCUT2D eigenvalue weighted by Crippen LogP contribution is 2.35. The molecule has 1 aliphatic heterocycles. The first-order chi connectivity index (χ1) is 10.2. The number of fused-ring (bicyclic) bond motifs is 1. The van der Waals surface area contributed by atoms with Crippen molar-refractivity contribution in [1.82, 2.24) is 5.43 Å². The summed E-state index contributed by atoms with van der Waals surface area (Å²) in [5.41, 5.74) is 10.5. The third-order valence-corrected chi connectivity index (χ3v) is 3.43. The lowest BCUT2D eigenvalue weighted by Crippen LogP contribution is -2.29. The van der Waals surface area contributed by atoms with E-state index < -0.39 is 6.04 Å². The second-order valence-electron chi connectivity index (χ2n) is 4.78. The Labute approximate surface area is 121 Å². The predicted molar refractivity (Wildman–Crippen MR) is 77.4 cm³/mol. The van der Waals surface area contributed by atoms with Gasteiger partial charge in [0.05, 0.1) is 6.04 Å². The number of halogens is 1. The number of hydrazine groups is 1. The van der Waals surface area contributed by atoms with Gasteiger partial charge in [-0.3, -0.25) is 5.84 Å². The maximum atomic E-state index is 13.5. The van der Waals surface area contributed by atoms with Gasteiger partial charge in [-0.05, 0) is 35.9 Å². The Hall–Kier alpha value is -2.31. The monoisotopic (exact) mass is 289 g/mol. The first kappa shape index (κ1) is 13.7. The van der Waals surface area contributed by atoms with Crippen molar-refractivity contribution in [2.45, 2.75) is 6.04 Å². The zero-order chi connectivity index (χ0) is 14.8. The fourth-order valence-corrected chi connectivity index (χ4v) is 2.40. The second kappa shape index (κ2) is 5.59. The largest absolute Gasteiger partial charge is 0.486 e. The number of anilines is 1. The number of hydrogen-bond acceptors (Lipinski definition) is 5. The van der Waals surface area contributed by atoms with Crippen molar-refractivity contribution in [3.05, 3.63) is 53.3 Å². The molecule has 1 heterocycles. The van der Waals surface area contributed by atoms with Crippen molar-refractivity contribution in [2.24, 2.45) is 5.84 Å². The molecule has 0 aromatic heterocycles. The highest BCUT2D eigenvalue weighted by Gasteiger charge is 2.19. The molecule has 1 unspecified atom stereocenters. The molecule has 5 nitrogen and oxygen atoms in total. The first-order valence-corrected chi connectivity index (χ1v) is 6.59. The molecular weight excluding hydrogens is 273 g/mol. The minimum Gasteiger partial charge on any atom is -0.486 e. The normalized spacial score (nSPS) is 14.8. The highest BCUT2D eigenvalue weighted by atomic mass is 19.1. The smallest absolute Gasteiger partial charge is 0.161 e. The fraction of sp³-hybridized carbons (Fsp3) is 0.200. The van der Waals surface area contributed by atoms with Gasteiger partial charge in [-0.1, -0.05) is 6.07 Å². The number of nitrogen functional groups attached to an aromatic ring is 1. The summed E-state index contributed by atoms with van der Waals surface area (Å²) in [6.07, 6.45) is 0. The molecule has 0 saturated heterocycles. The molecule has 0 spiro atoms. The van der Waals surface area contributed by atoms with Crippen LogP contribution in [-0.2, 0) is 0 Å². The number of benzene rings is 2. The van der Waals surface area contributed by atoms with E-state index in [0.717, 1.165) is 5.56 Å². The Morgan fingerprint density at radius 3 is 2.57 bits per heavy atom. The third-order valence-electron chi connectivity index (χ3n) is 3.43. The minimum absolute atomic E-state index is 0.364. The molecule has 6 heteroatoms. The van der Waals surface area contributed by atoms with Crippen LogP contribution in [0.3, 0.4) is 0 Å². The van der Waals surface area contributed by atoms with E-state index >= 15 is 0 Å². The molecule has 2 aromatic carbocycles. The predicted octanol–water partition coefficient (Wildman–Crippen LogP) is 1.73. The maximum Gasteiger partial charge on any atom is 0.161 e. The number of ether oxygens (including phenoxy) is 2. The minimum atomic E-state index is -0.434. The number of nitrogens with two attached hydrogens (primary N) is 2. The number of nitrogens with one attached hydrogen (secondary N) is 1. The Morgan fingerprint density at radius 1 is 1.05 bits per heavy atom. The van der Waals surface area contributed by atoms with Crippen molar-refractivity contribution in [3.8, 4) is 11.5 Å². The van der Waals surface area contributed by atoms with Crippen LogP contribution in [0, 0.1) is 5.82 Å². The van der Waals surface area contributed by atoms with Gasteiger partial charge in [0.1, 0.15) is 19.0 Å². The van der Waals surface area contributed by atoms with Crippen LogP contribution in [0.5, 0.6) is 11.5 Å². The molecule has 5 N–H and O–H groups in total. The van der Waals surface area contributed by atoms with Crippen LogP contribution >= 0.6 is 0 Å². The Balaban J connectivity index is 2.01. The highest BCUT2D eigenvalue weighted by molar-refractivity contribution is 5.53. The zero-order valence-corrected chi connectivity index (χ0v) is 11.3. The van der Waals surface area contributed by atoms with Crippen molar-refractivity contribution in [1.29, 1.82) is 0 Å². The average molecular weight is 289 g/mol. The average Bonchev–Trinajstić information content (AvgIpc) is 2.51. The molecule has 3 rings (SSSR count). The van der Waals surface area contributed by atoms with Crippen LogP contribution in [-0.4, -0.2) is 13.2 Å². The van der Waals surface area contributed by atoms with Crippen LogP contribution < -0.4 is 26.5 Å². The SMILES string of the molecule is NNC(c1ccc2c(c1)OCCO2)c1cc(F)ccc1N. The standard InChI is InChI=1S/C15H16FN3O2/c16-10-2-3-12(17)11(8-10)15(19-18)9-1-4-13-14(7-9)21-6-5-20-13/h1-4,7-8,15,19H,5-6,17-18H2. The van der Waals surface area contributed by atoms with Gasteiger partial charge in [0.2, 0.25) is 0 Å². The van der Waals surface area contributed by atoms with E-state index in [-0.39, 0.29) is 5.82 Å². The topological polar surface area (TPSA) is 82.5 Å². The van der Waals surface area contributed by atoms with Gasteiger partial charge in [0, 0.05) is 11.3 Å². The van der Waals surface area contributed by atoms with Crippen LogP contribution in [0.4, 0.5) is 10.1 Å². The summed E-state index contributed by atoms with van der Waals surface area (Å²) < 4.78 is 24.5. The van der Waals surface area contributed by atoms with Crippen LogP contribution in [0.25, 0.3) is 0 Å². The van der Waals surface area contributed by atoms with E-state index in [9.17, 15) is 4.39 Å². The zero-order valence-electron chi connectivity index (χ0n) is 11.3. The van der Waals surface area contributed by atoms with Crippen LogP contribution in [0.15, 0.2) is 36.4 Å².